The van der Waals surface area contributed by atoms with Crippen molar-refractivity contribution >= 4 is 50.7 Å². The molecule has 0 bridgehead atoms. The van der Waals surface area contributed by atoms with Gasteiger partial charge in [0.25, 0.3) is 0 Å². The van der Waals surface area contributed by atoms with Crippen molar-refractivity contribution in [2.24, 2.45) is 0 Å². The molecule has 112 valence electrons. The molecule has 1 N–H and O–H groups in total. The van der Waals surface area contributed by atoms with Crippen molar-refractivity contribution in [2.45, 2.75) is 19.4 Å². The molecular weight excluding hydrogens is 392 g/mol. The molecule has 0 aliphatic rings. The van der Waals surface area contributed by atoms with E-state index in [2.05, 4.69) is 28.2 Å². The highest BCUT2D eigenvalue weighted by Crippen LogP contribution is 2.32. The first-order chi connectivity index (χ1) is 10.0. The summed E-state index contributed by atoms with van der Waals surface area (Å²) in [5.41, 5.74) is 2.19. The Balaban J connectivity index is 2.30. The van der Waals surface area contributed by atoms with E-state index in [4.69, 9.17) is 34.8 Å². The number of benzene rings is 2. The summed E-state index contributed by atoms with van der Waals surface area (Å²) in [7, 11) is 0. The van der Waals surface area contributed by atoms with Crippen LogP contribution in [0.4, 0.5) is 0 Å². The van der Waals surface area contributed by atoms with E-state index in [1.807, 2.05) is 36.4 Å². The average Bonchev–Trinajstić information content (AvgIpc) is 2.45. The number of hydrogen-bond donors (Lipinski definition) is 1. The van der Waals surface area contributed by atoms with Crippen LogP contribution in [-0.2, 0) is 6.42 Å². The van der Waals surface area contributed by atoms with Crippen LogP contribution in [-0.4, -0.2) is 6.54 Å². The Kier molecular flexibility index (Phi) is 6.39. The number of hydrogen-bond acceptors (Lipinski definition) is 1. The molecular formula is C16H15BrCl3N. The highest BCUT2D eigenvalue weighted by Gasteiger charge is 2.16. The maximum Gasteiger partial charge on any atom is 0.0595 e. The first-order valence-corrected chi connectivity index (χ1v) is 8.56. The topological polar surface area (TPSA) is 12.0 Å². The van der Waals surface area contributed by atoms with Gasteiger partial charge in [-0.15, -0.1) is 0 Å². The number of likely N-dealkylation sites (N-methyl/N-ethyl adjacent to an activating group) is 1. The molecule has 0 aliphatic carbocycles. The van der Waals surface area contributed by atoms with Crippen molar-refractivity contribution in [3.63, 3.8) is 0 Å². The van der Waals surface area contributed by atoms with Gasteiger partial charge in [0.05, 0.1) is 15.1 Å². The molecule has 0 radical (unpaired) electrons. The van der Waals surface area contributed by atoms with Crippen molar-refractivity contribution in [2.75, 3.05) is 6.54 Å². The van der Waals surface area contributed by atoms with Crippen LogP contribution in [0, 0.1) is 0 Å². The van der Waals surface area contributed by atoms with Crippen LogP contribution in [0.15, 0.2) is 40.9 Å². The Morgan fingerprint density at radius 1 is 1.10 bits per heavy atom. The lowest BCUT2D eigenvalue weighted by atomic mass is 9.98. The summed E-state index contributed by atoms with van der Waals surface area (Å²) in [6, 6.07) is 11.8. The van der Waals surface area contributed by atoms with E-state index < -0.39 is 0 Å². The third kappa shape index (κ3) is 4.37. The predicted molar refractivity (Wildman–Crippen MR) is 95.7 cm³/mol. The van der Waals surface area contributed by atoms with Crippen LogP contribution in [0.1, 0.15) is 24.1 Å². The summed E-state index contributed by atoms with van der Waals surface area (Å²) in [5, 5.41) is 5.35. The number of nitrogens with one attached hydrogen (secondary N) is 1. The van der Waals surface area contributed by atoms with Crippen molar-refractivity contribution in [1.82, 2.24) is 5.32 Å². The molecule has 5 heteroatoms. The van der Waals surface area contributed by atoms with E-state index in [-0.39, 0.29) is 6.04 Å². The second-order valence-corrected chi connectivity index (χ2v) is 6.75. The molecule has 2 aromatic rings. The molecule has 0 fully saturated rings. The van der Waals surface area contributed by atoms with Gasteiger partial charge in [0, 0.05) is 10.5 Å². The van der Waals surface area contributed by atoms with Gasteiger partial charge in [-0.25, -0.2) is 0 Å². The van der Waals surface area contributed by atoms with Gasteiger partial charge in [-0.2, -0.15) is 0 Å². The van der Waals surface area contributed by atoms with Crippen molar-refractivity contribution in [3.05, 3.63) is 67.1 Å². The summed E-state index contributed by atoms with van der Waals surface area (Å²) in [5.74, 6) is 0. The largest absolute Gasteiger partial charge is 0.310 e. The maximum atomic E-state index is 6.41. The normalized spacial score (nSPS) is 12.4. The summed E-state index contributed by atoms with van der Waals surface area (Å²) < 4.78 is 0.902. The quantitative estimate of drug-likeness (QED) is 0.613. The van der Waals surface area contributed by atoms with Crippen LogP contribution in [0.25, 0.3) is 0 Å². The Bertz CT molecular complexity index is 631. The third-order valence-corrected chi connectivity index (χ3v) is 5.28. The van der Waals surface area contributed by atoms with E-state index in [1.54, 1.807) is 0 Å². The summed E-state index contributed by atoms with van der Waals surface area (Å²) >= 11 is 21.9. The Labute approximate surface area is 148 Å². The maximum absolute atomic E-state index is 6.41. The average molecular weight is 408 g/mol. The highest BCUT2D eigenvalue weighted by atomic mass is 79.9. The summed E-state index contributed by atoms with van der Waals surface area (Å²) in [6.07, 6.45) is 0.793. The SMILES string of the molecule is CCNC(Cc1ccc(Cl)c(Cl)c1)c1cccc(Br)c1Cl. The number of rotatable bonds is 5. The molecule has 0 saturated carbocycles. The van der Waals surface area contributed by atoms with Gasteiger partial charge < -0.3 is 5.32 Å². The van der Waals surface area contributed by atoms with Crippen LogP contribution >= 0.6 is 50.7 Å². The van der Waals surface area contributed by atoms with E-state index in [1.165, 1.54) is 0 Å². The van der Waals surface area contributed by atoms with Gasteiger partial charge >= 0.3 is 0 Å². The highest BCUT2D eigenvalue weighted by molar-refractivity contribution is 9.10. The van der Waals surface area contributed by atoms with Crippen LogP contribution < -0.4 is 5.32 Å². The molecule has 2 rings (SSSR count). The van der Waals surface area contributed by atoms with E-state index in [9.17, 15) is 0 Å². The minimum absolute atomic E-state index is 0.122. The van der Waals surface area contributed by atoms with Crippen LogP contribution in [0.5, 0.6) is 0 Å². The molecule has 1 nitrogen and oxygen atoms in total. The zero-order chi connectivity index (χ0) is 15.4. The van der Waals surface area contributed by atoms with Gasteiger partial charge in [0.1, 0.15) is 0 Å². The molecule has 0 spiro atoms. The molecule has 21 heavy (non-hydrogen) atoms. The Morgan fingerprint density at radius 2 is 1.86 bits per heavy atom. The monoisotopic (exact) mass is 405 g/mol. The molecule has 0 heterocycles. The summed E-state index contributed by atoms with van der Waals surface area (Å²) in [6.45, 7) is 2.93. The lowest BCUT2D eigenvalue weighted by Crippen LogP contribution is -2.23. The lowest BCUT2D eigenvalue weighted by molar-refractivity contribution is 0.550. The standard InChI is InChI=1S/C16H15BrCl3N/c1-2-21-15(11-4-3-5-12(17)16(11)20)9-10-6-7-13(18)14(19)8-10/h3-8,15,21H,2,9H2,1H3. The Hall–Kier alpha value is -0.250. The van der Waals surface area contributed by atoms with Gasteiger partial charge in [0.2, 0.25) is 0 Å². The molecule has 0 amide bonds. The van der Waals surface area contributed by atoms with E-state index in [0.29, 0.717) is 10.0 Å². The van der Waals surface area contributed by atoms with E-state index >= 15 is 0 Å². The fourth-order valence-corrected chi connectivity index (χ4v) is 3.19. The second-order valence-electron chi connectivity index (χ2n) is 4.71. The minimum Gasteiger partial charge on any atom is -0.310 e. The second kappa shape index (κ2) is 7.85. The number of halogens is 4. The van der Waals surface area contributed by atoms with Crippen LogP contribution in [0.2, 0.25) is 15.1 Å². The predicted octanol–water partition coefficient (Wildman–Crippen LogP) is 6.30. The van der Waals surface area contributed by atoms with Gasteiger partial charge in [-0.1, -0.05) is 59.9 Å². The van der Waals surface area contributed by atoms with Crippen LogP contribution in [0.3, 0.4) is 0 Å². The molecule has 1 unspecified atom stereocenters. The first kappa shape index (κ1) is 17.1. The lowest BCUT2D eigenvalue weighted by Gasteiger charge is -2.20. The fourth-order valence-electron chi connectivity index (χ4n) is 2.23. The van der Waals surface area contributed by atoms with Gasteiger partial charge in [-0.3, -0.25) is 0 Å². The minimum atomic E-state index is 0.122. The van der Waals surface area contributed by atoms with Crippen molar-refractivity contribution < 1.29 is 0 Å². The van der Waals surface area contributed by atoms with E-state index in [0.717, 1.165) is 33.6 Å². The first-order valence-electron chi connectivity index (χ1n) is 6.64. The molecule has 1 atom stereocenters. The van der Waals surface area contributed by atoms with Gasteiger partial charge in [0.15, 0.2) is 0 Å². The molecule has 2 aromatic carbocycles. The zero-order valence-electron chi connectivity index (χ0n) is 11.5. The smallest absolute Gasteiger partial charge is 0.0595 e. The Morgan fingerprint density at radius 3 is 2.52 bits per heavy atom. The van der Waals surface area contributed by atoms with Crippen molar-refractivity contribution in [1.29, 1.82) is 0 Å². The zero-order valence-corrected chi connectivity index (χ0v) is 15.3. The summed E-state index contributed by atoms with van der Waals surface area (Å²) in [4.78, 5) is 0. The van der Waals surface area contributed by atoms with Gasteiger partial charge in [-0.05, 0) is 58.2 Å². The third-order valence-electron chi connectivity index (χ3n) is 3.23. The van der Waals surface area contributed by atoms with Crippen molar-refractivity contribution in [3.8, 4) is 0 Å². The fraction of sp³-hybridized carbons (Fsp3) is 0.250. The molecule has 0 aromatic heterocycles. The molecule has 0 saturated heterocycles. The molecule has 0 aliphatic heterocycles.